The normalized spacial score (nSPS) is 9.75. The predicted molar refractivity (Wildman–Crippen MR) is 68.7 cm³/mol. The lowest BCUT2D eigenvalue weighted by Gasteiger charge is -2.13. The molecule has 1 rings (SSSR count). The molecule has 0 aliphatic carbocycles. The van der Waals surface area contributed by atoms with Gasteiger partial charge in [-0.15, -0.1) is 0 Å². The second-order valence-corrected chi connectivity index (χ2v) is 3.69. The van der Waals surface area contributed by atoms with Gasteiger partial charge in [0.15, 0.2) is 0 Å². The first-order valence-electron chi connectivity index (χ1n) is 5.51. The lowest BCUT2D eigenvalue weighted by Crippen LogP contribution is -2.48. The Hall–Kier alpha value is -2.59. The molecule has 0 saturated carbocycles. The van der Waals surface area contributed by atoms with Gasteiger partial charge in [0.25, 0.3) is 5.95 Å². The van der Waals surface area contributed by atoms with Crippen molar-refractivity contribution in [2.45, 2.75) is 13.3 Å². The van der Waals surface area contributed by atoms with Crippen molar-refractivity contribution in [2.24, 2.45) is 11.7 Å². The van der Waals surface area contributed by atoms with Crippen LogP contribution in [0.3, 0.4) is 0 Å². The molecule has 10 heteroatoms. The lowest BCUT2D eigenvalue weighted by molar-refractivity contribution is -0.138. The van der Waals surface area contributed by atoms with E-state index in [1.807, 2.05) is 5.43 Å². The van der Waals surface area contributed by atoms with Crippen molar-refractivity contribution in [2.75, 3.05) is 11.6 Å². The molecule has 1 aromatic heterocycles. The van der Waals surface area contributed by atoms with Crippen LogP contribution in [0, 0.1) is 0 Å². The molecular formula is C10H15N7O3. The van der Waals surface area contributed by atoms with Gasteiger partial charge in [-0.2, -0.15) is 15.0 Å². The van der Waals surface area contributed by atoms with Crippen molar-refractivity contribution in [3.05, 3.63) is 24.3 Å². The number of ether oxygens (including phenoxy) is 1. The number of rotatable bonds is 5. The van der Waals surface area contributed by atoms with Crippen LogP contribution in [0.4, 0.5) is 10.7 Å². The molecule has 2 amide bonds. The summed E-state index contributed by atoms with van der Waals surface area (Å²) in [5.41, 5.74) is 2.14. The SMILES string of the molecule is C=C(C)C(=O)OCCc1ncnc(N(N)C(=O)NN)n1. The molecule has 0 saturated heterocycles. The monoisotopic (exact) mass is 281 g/mol. The fraction of sp³-hybridized carbons (Fsp3) is 0.300. The third-order valence-electron chi connectivity index (χ3n) is 2.07. The Morgan fingerprint density at radius 2 is 2.20 bits per heavy atom. The number of nitrogens with one attached hydrogen (secondary N) is 1. The van der Waals surface area contributed by atoms with Crippen LogP contribution in [0.5, 0.6) is 0 Å². The summed E-state index contributed by atoms with van der Waals surface area (Å²) in [5.74, 6) is 10.1. The van der Waals surface area contributed by atoms with E-state index in [1.165, 1.54) is 6.33 Å². The van der Waals surface area contributed by atoms with Gasteiger partial charge >= 0.3 is 12.0 Å². The van der Waals surface area contributed by atoms with Crippen molar-refractivity contribution < 1.29 is 14.3 Å². The molecule has 1 heterocycles. The van der Waals surface area contributed by atoms with Gasteiger partial charge in [0.05, 0.1) is 6.61 Å². The molecule has 10 nitrogen and oxygen atoms in total. The third-order valence-corrected chi connectivity index (χ3v) is 2.07. The van der Waals surface area contributed by atoms with E-state index in [0.717, 1.165) is 0 Å². The maximum absolute atomic E-state index is 11.2. The Morgan fingerprint density at radius 1 is 1.50 bits per heavy atom. The lowest BCUT2D eigenvalue weighted by atomic mass is 10.3. The van der Waals surface area contributed by atoms with E-state index in [2.05, 4.69) is 21.5 Å². The molecule has 0 aliphatic heterocycles. The summed E-state index contributed by atoms with van der Waals surface area (Å²) in [6, 6.07) is -0.782. The standard InChI is InChI=1S/C10H15N7O3/c1-6(2)8(18)20-4-3-7-13-5-14-9(15-7)17(12)10(19)16-11/h5H,1,3-4,11-12H2,2H3,(H,16,19). The highest BCUT2D eigenvalue weighted by Crippen LogP contribution is 2.03. The number of nitrogens with zero attached hydrogens (tertiary/aromatic N) is 4. The summed E-state index contributed by atoms with van der Waals surface area (Å²) in [4.78, 5) is 33.9. The van der Waals surface area contributed by atoms with Gasteiger partial charge in [-0.25, -0.2) is 26.3 Å². The van der Waals surface area contributed by atoms with E-state index in [4.69, 9.17) is 16.4 Å². The second-order valence-electron chi connectivity index (χ2n) is 3.69. The molecule has 0 spiro atoms. The highest BCUT2D eigenvalue weighted by atomic mass is 16.5. The zero-order chi connectivity index (χ0) is 15.1. The van der Waals surface area contributed by atoms with E-state index < -0.39 is 12.0 Å². The molecule has 0 aromatic carbocycles. The number of hydrazine groups is 2. The number of anilines is 1. The summed E-state index contributed by atoms with van der Waals surface area (Å²) < 4.78 is 4.89. The summed E-state index contributed by atoms with van der Waals surface area (Å²) in [6.45, 7) is 5.07. The highest BCUT2D eigenvalue weighted by molar-refractivity contribution is 5.88. The Labute approximate surface area is 114 Å². The Bertz CT molecular complexity index is 519. The van der Waals surface area contributed by atoms with Crippen LogP contribution in [0.25, 0.3) is 0 Å². The summed E-state index contributed by atoms with van der Waals surface area (Å²) in [5, 5.41) is 0.630. The number of nitrogens with two attached hydrogens (primary N) is 2. The van der Waals surface area contributed by atoms with Crippen LogP contribution < -0.4 is 22.1 Å². The molecule has 0 bridgehead atoms. The van der Waals surface area contributed by atoms with E-state index in [9.17, 15) is 9.59 Å². The Morgan fingerprint density at radius 3 is 2.80 bits per heavy atom. The number of urea groups is 1. The number of carbonyl (C=O) groups is 2. The minimum absolute atomic E-state index is 0.0722. The number of hydrogen-bond donors (Lipinski definition) is 3. The fourth-order valence-corrected chi connectivity index (χ4v) is 1.08. The van der Waals surface area contributed by atoms with Crippen LogP contribution in [0.1, 0.15) is 12.7 Å². The van der Waals surface area contributed by atoms with Gasteiger partial charge in [-0.1, -0.05) is 6.58 Å². The molecule has 0 atom stereocenters. The van der Waals surface area contributed by atoms with Crippen molar-refractivity contribution in [1.29, 1.82) is 0 Å². The average molecular weight is 281 g/mol. The maximum Gasteiger partial charge on any atom is 0.353 e. The van der Waals surface area contributed by atoms with Gasteiger partial charge < -0.3 is 4.74 Å². The smallest absolute Gasteiger partial charge is 0.353 e. The first-order valence-corrected chi connectivity index (χ1v) is 5.51. The number of esters is 1. The Balaban J connectivity index is 2.62. The zero-order valence-electron chi connectivity index (χ0n) is 10.9. The molecule has 0 unspecified atom stereocenters. The van der Waals surface area contributed by atoms with Crippen LogP contribution in [-0.2, 0) is 16.0 Å². The molecule has 0 fully saturated rings. The average Bonchev–Trinajstić information content (AvgIpc) is 2.45. The fourth-order valence-electron chi connectivity index (χ4n) is 1.08. The van der Waals surface area contributed by atoms with E-state index in [-0.39, 0.29) is 19.0 Å². The molecule has 5 N–H and O–H groups in total. The van der Waals surface area contributed by atoms with Crippen LogP contribution in [-0.4, -0.2) is 33.6 Å². The van der Waals surface area contributed by atoms with E-state index >= 15 is 0 Å². The summed E-state index contributed by atoms with van der Waals surface area (Å²) in [6.07, 6.45) is 1.43. The van der Waals surface area contributed by atoms with Crippen molar-refractivity contribution in [3.8, 4) is 0 Å². The third kappa shape index (κ3) is 4.26. The molecule has 0 radical (unpaired) electrons. The van der Waals surface area contributed by atoms with E-state index in [1.54, 1.807) is 6.92 Å². The van der Waals surface area contributed by atoms with Crippen molar-refractivity contribution in [1.82, 2.24) is 20.4 Å². The van der Waals surface area contributed by atoms with Gasteiger partial charge in [0.1, 0.15) is 12.2 Å². The predicted octanol–water partition coefficient (Wildman–Crippen LogP) is -1.20. The van der Waals surface area contributed by atoms with Crippen molar-refractivity contribution in [3.63, 3.8) is 0 Å². The van der Waals surface area contributed by atoms with Gasteiger partial charge in [-0.05, 0) is 6.92 Å². The van der Waals surface area contributed by atoms with Crippen molar-refractivity contribution >= 4 is 17.9 Å². The van der Waals surface area contributed by atoms with Crippen LogP contribution in [0.15, 0.2) is 18.5 Å². The molecular weight excluding hydrogens is 266 g/mol. The quantitative estimate of drug-likeness (QED) is 0.200. The number of amides is 2. The van der Waals surface area contributed by atoms with Crippen LogP contribution in [0.2, 0.25) is 0 Å². The second kappa shape index (κ2) is 7.11. The number of aromatic nitrogens is 3. The largest absolute Gasteiger partial charge is 0.462 e. The van der Waals surface area contributed by atoms with Gasteiger partial charge in [-0.3, -0.25) is 5.43 Å². The highest BCUT2D eigenvalue weighted by Gasteiger charge is 2.14. The number of hydrogen-bond acceptors (Lipinski definition) is 8. The van der Waals surface area contributed by atoms with Gasteiger partial charge in [0, 0.05) is 12.0 Å². The van der Waals surface area contributed by atoms with Crippen LogP contribution >= 0.6 is 0 Å². The zero-order valence-corrected chi connectivity index (χ0v) is 10.9. The van der Waals surface area contributed by atoms with E-state index in [0.29, 0.717) is 16.4 Å². The first kappa shape index (κ1) is 15.5. The Kier molecular flexibility index (Phi) is 5.50. The maximum atomic E-state index is 11.2. The topological polar surface area (TPSA) is 149 Å². The molecule has 1 aromatic rings. The minimum Gasteiger partial charge on any atom is -0.462 e. The first-order chi connectivity index (χ1) is 9.45. The summed E-state index contributed by atoms with van der Waals surface area (Å²) in [7, 11) is 0. The number of carbonyl (C=O) groups excluding carboxylic acids is 2. The van der Waals surface area contributed by atoms with Gasteiger partial charge in [0.2, 0.25) is 0 Å². The molecule has 20 heavy (non-hydrogen) atoms. The summed E-state index contributed by atoms with van der Waals surface area (Å²) >= 11 is 0. The minimum atomic E-state index is -0.782. The molecule has 0 aliphatic rings. The molecule has 108 valence electrons.